The maximum absolute atomic E-state index is 11.9. The lowest BCUT2D eigenvalue weighted by atomic mass is 9.88. The minimum Gasteiger partial charge on any atom is -0.481 e. The summed E-state index contributed by atoms with van der Waals surface area (Å²) in [7, 11) is -0.615. The fourth-order valence-corrected chi connectivity index (χ4v) is 2.33. The zero-order valence-corrected chi connectivity index (χ0v) is 13.4. The van der Waals surface area contributed by atoms with E-state index in [-0.39, 0.29) is 11.4 Å². The third kappa shape index (κ3) is 3.92. The number of sulfonamides is 1. The summed E-state index contributed by atoms with van der Waals surface area (Å²) in [6.07, 6.45) is 1.73. The molecule has 0 aliphatic carbocycles. The summed E-state index contributed by atoms with van der Waals surface area (Å²) in [6, 6.07) is 2.96. The van der Waals surface area contributed by atoms with Crippen LogP contribution in [0.3, 0.4) is 0 Å². The molecule has 118 valence electrons. The van der Waals surface area contributed by atoms with Gasteiger partial charge in [0.15, 0.2) is 0 Å². The number of hydrogen-bond donors (Lipinski definition) is 2. The van der Waals surface area contributed by atoms with Gasteiger partial charge in [0.2, 0.25) is 10.0 Å². The third-order valence-electron chi connectivity index (χ3n) is 3.47. The second-order valence-corrected chi connectivity index (χ2v) is 7.39. The Balaban J connectivity index is 2.83. The molecule has 1 unspecified atom stereocenters. The lowest BCUT2D eigenvalue weighted by molar-refractivity contribution is -0.147. The van der Waals surface area contributed by atoms with Crippen LogP contribution in [0.15, 0.2) is 23.2 Å². The molecule has 0 aromatic carbocycles. The number of pyridine rings is 1. The molecular weight excluding hydrogens is 294 g/mol. The van der Waals surface area contributed by atoms with Gasteiger partial charge in [-0.15, -0.1) is 0 Å². The van der Waals surface area contributed by atoms with Crippen LogP contribution in [-0.2, 0) is 14.8 Å². The fourth-order valence-electron chi connectivity index (χ4n) is 1.49. The van der Waals surface area contributed by atoms with E-state index in [1.165, 1.54) is 32.4 Å². The van der Waals surface area contributed by atoms with Gasteiger partial charge in [-0.1, -0.05) is 6.92 Å². The van der Waals surface area contributed by atoms with Crippen molar-refractivity contribution in [3.63, 3.8) is 0 Å². The van der Waals surface area contributed by atoms with E-state index in [9.17, 15) is 18.3 Å². The molecule has 1 atom stereocenters. The van der Waals surface area contributed by atoms with E-state index in [4.69, 9.17) is 0 Å². The highest BCUT2D eigenvalue weighted by Gasteiger charge is 2.30. The number of rotatable bonds is 7. The molecule has 1 heterocycles. The number of aromatic nitrogens is 1. The Morgan fingerprint density at radius 3 is 2.43 bits per heavy atom. The van der Waals surface area contributed by atoms with Gasteiger partial charge in [0, 0.05) is 26.8 Å². The number of carbonyl (C=O) groups is 1. The molecule has 21 heavy (non-hydrogen) atoms. The summed E-state index contributed by atoms with van der Waals surface area (Å²) in [6.45, 7) is 3.66. The Hall–Kier alpha value is -1.67. The van der Waals surface area contributed by atoms with E-state index < -0.39 is 21.4 Å². The van der Waals surface area contributed by atoms with Crippen LogP contribution in [0.1, 0.15) is 20.3 Å². The molecule has 8 heteroatoms. The van der Waals surface area contributed by atoms with Gasteiger partial charge in [-0.3, -0.25) is 4.79 Å². The van der Waals surface area contributed by atoms with E-state index in [0.29, 0.717) is 12.2 Å². The van der Waals surface area contributed by atoms with Gasteiger partial charge in [-0.25, -0.2) is 17.7 Å². The van der Waals surface area contributed by atoms with Gasteiger partial charge < -0.3 is 10.4 Å². The monoisotopic (exact) mass is 315 g/mol. The van der Waals surface area contributed by atoms with Gasteiger partial charge in [0.1, 0.15) is 10.7 Å². The number of carboxylic acids is 1. The number of nitrogens with zero attached hydrogens (tertiary/aromatic N) is 2. The van der Waals surface area contributed by atoms with E-state index >= 15 is 0 Å². The van der Waals surface area contributed by atoms with Crippen molar-refractivity contribution in [3.05, 3.63) is 18.3 Å². The molecule has 0 saturated carbocycles. The minimum atomic E-state index is -3.51. The fraction of sp³-hybridized carbons (Fsp3) is 0.538. The lowest BCUT2D eigenvalue weighted by Crippen LogP contribution is -2.34. The predicted molar refractivity (Wildman–Crippen MR) is 79.6 cm³/mol. The zero-order chi connectivity index (χ0) is 16.3. The van der Waals surface area contributed by atoms with Crippen molar-refractivity contribution in [2.75, 3.05) is 26.0 Å². The van der Waals surface area contributed by atoms with Gasteiger partial charge >= 0.3 is 5.97 Å². The van der Waals surface area contributed by atoms with E-state index in [2.05, 4.69) is 10.3 Å². The quantitative estimate of drug-likeness (QED) is 0.785. The predicted octanol–water partition coefficient (Wildman–Crippen LogP) is 1.24. The number of nitrogens with one attached hydrogen (secondary N) is 1. The maximum Gasteiger partial charge on any atom is 0.311 e. The summed E-state index contributed by atoms with van der Waals surface area (Å²) in [5.74, 6) is -0.446. The third-order valence-corrected chi connectivity index (χ3v) is 5.27. The van der Waals surface area contributed by atoms with Crippen LogP contribution in [0.4, 0.5) is 5.82 Å². The van der Waals surface area contributed by atoms with Crippen molar-refractivity contribution < 1.29 is 18.3 Å². The van der Waals surface area contributed by atoms with E-state index in [0.717, 1.165) is 4.31 Å². The first-order valence-corrected chi connectivity index (χ1v) is 7.93. The van der Waals surface area contributed by atoms with Crippen LogP contribution in [0.25, 0.3) is 0 Å². The first-order chi connectivity index (χ1) is 9.63. The van der Waals surface area contributed by atoms with Crippen LogP contribution >= 0.6 is 0 Å². The lowest BCUT2D eigenvalue weighted by Gasteiger charge is -2.23. The molecule has 0 fully saturated rings. The molecule has 1 aromatic rings. The van der Waals surface area contributed by atoms with Gasteiger partial charge in [0.25, 0.3) is 0 Å². The van der Waals surface area contributed by atoms with Crippen molar-refractivity contribution in [2.24, 2.45) is 5.41 Å². The Morgan fingerprint density at radius 1 is 1.43 bits per heavy atom. The normalized spacial score (nSPS) is 14.7. The highest BCUT2D eigenvalue weighted by Crippen LogP contribution is 2.22. The molecule has 1 aromatic heterocycles. The van der Waals surface area contributed by atoms with Crippen LogP contribution in [-0.4, -0.2) is 49.4 Å². The molecule has 0 saturated heterocycles. The maximum atomic E-state index is 11.9. The Bertz CT molecular complexity index is 598. The van der Waals surface area contributed by atoms with Crippen LogP contribution in [0, 0.1) is 5.41 Å². The van der Waals surface area contributed by atoms with Crippen LogP contribution in [0.5, 0.6) is 0 Å². The minimum absolute atomic E-state index is 0.0922. The molecule has 0 aliphatic heterocycles. The average molecular weight is 315 g/mol. The average Bonchev–Trinajstić information content (AvgIpc) is 2.44. The van der Waals surface area contributed by atoms with Crippen molar-refractivity contribution in [1.29, 1.82) is 0 Å². The Kier molecular flexibility index (Phi) is 5.30. The molecule has 0 aliphatic rings. The van der Waals surface area contributed by atoms with Crippen LogP contribution < -0.4 is 5.32 Å². The smallest absolute Gasteiger partial charge is 0.311 e. The standard InChI is InChI=1S/C13H21N3O4S/c1-5-13(2,12(17)18)9-15-11-7-6-10(8-14-11)21(19,20)16(3)4/h6-8H,5,9H2,1-4H3,(H,14,15)(H,17,18). The molecule has 2 N–H and O–H groups in total. The zero-order valence-electron chi connectivity index (χ0n) is 12.6. The second-order valence-electron chi connectivity index (χ2n) is 5.24. The van der Waals surface area contributed by atoms with Crippen molar-refractivity contribution in [2.45, 2.75) is 25.2 Å². The van der Waals surface area contributed by atoms with Gasteiger partial charge in [-0.05, 0) is 25.5 Å². The number of anilines is 1. The first-order valence-electron chi connectivity index (χ1n) is 6.49. The summed E-state index contributed by atoms with van der Waals surface area (Å²) >= 11 is 0. The number of carboxylic acid groups (broad SMARTS) is 1. The molecule has 1 rings (SSSR count). The molecule has 7 nitrogen and oxygen atoms in total. The summed E-state index contributed by atoms with van der Waals surface area (Å²) < 4.78 is 24.9. The highest BCUT2D eigenvalue weighted by atomic mass is 32.2. The van der Waals surface area contributed by atoms with Crippen molar-refractivity contribution in [3.8, 4) is 0 Å². The van der Waals surface area contributed by atoms with Gasteiger partial charge in [-0.2, -0.15) is 0 Å². The summed E-state index contributed by atoms with van der Waals surface area (Å²) in [5.41, 5.74) is -0.893. The largest absolute Gasteiger partial charge is 0.481 e. The van der Waals surface area contributed by atoms with E-state index in [1.54, 1.807) is 13.8 Å². The van der Waals surface area contributed by atoms with Gasteiger partial charge in [0.05, 0.1) is 5.41 Å². The number of aliphatic carboxylic acids is 1. The first kappa shape index (κ1) is 17.4. The summed E-state index contributed by atoms with van der Waals surface area (Å²) in [4.78, 5) is 15.3. The molecule has 0 spiro atoms. The SMILES string of the molecule is CCC(C)(CNc1ccc(S(=O)(=O)N(C)C)cn1)C(=O)O. The molecule has 0 radical (unpaired) electrons. The Labute approximate surface area is 125 Å². The topological polar surface area (TPSA) is 99.6 Å². The van der Waals surface area contributed by atoms with Crippen LogP contribution in [0.2, 0.25) is 0 Å². The van der Waals surface area contributed by atoms with Crippen molar-refractivity contribution in [1.82, 2.24) is 9.29 Å². The summed E-state index contributed by atoms with van der Waals surface area (Å²) in [5, 5.41) is 12.1. The molecule has 0 bridgehead atoms. The van der Waals surface area contributed by atoms with E-state index in [1.807, 2.05) is 0 Å². The highest BCUT2D eigenvalue weighted by molar-refractivity contribution is 7.89. The Morgan fingerprint density at radius 2 is 2.05 bits per heavy atom. The number of hydrogen-bond acceptors (Lipinski definition) is 5. The van der Waals surface area contributed by atoms with Crippen molar-refractivity contribution >= 4 is 21.8 Å². The molecule has 0 amide bonds. The second kappa shape index (κ2) is 6.40. The molecular formula is C13H21N3O4S.